The maximum Gasteiger partial charge on any atom is 0.252 e. The summed E-state index contributed by atoms with van der Waals surface area (Å²) in [5.41, 5.74) is 6.73. The van der Waals surface area contributed by atoms with Crippen molar-refractivity contribution in [2.75, 3.05) is 13.1 Å². The molecule has 1 saturated heterocycles. The lowest BCUT2D eigenvalue weighted by Crippen LogP contribution is -2.29. The average Bonchev–Trinajstić information content (AvgIpc) is 2.62. The molecule has 0 aromatic carbocycles. The molecule has 5 nitrogen and oxygen atoms in total. The summed E-state index contributed by atoms with van der Waals surface area (Å²) in [4.78, 5) is 11.2. The molecule has 1 aliphatic heterocycles. The van der Waals surface area contributed by atoms with E-state index in [0.717, 1.165) is 31.6 Å². The van der Waals surface area contributed by atoms with E-state index in [1.807, 2.05) is 7.05 Å². The summed E-state index contributed by atoms with van der Waals surface area (Å²) in [5.74, 6) is -0.0638. The van der Waals surface area contributed by atoms with Crippen molar-refractivity contribution in [1.82, 2.24) is 15.1 Å². The molecule has 2 heterocycles. The smallest absolute Gasteiger partial charge is 0.252 e. The van der Waals surface area contributed by atoms with Crippen molar-refractivity contribution in [2.24, 2.45) is 12.8 Å². The second-order valence-electron chi connectivity index (χ2n) is 4.01. The number of carbonyl (C=O) groups excluding carboxylic acids is 1. The average molecular weight is 245 g/mol. The van der Waals surface area contributed by atoms with Gasteiger partial charge in [0.05, 0.1) is 11.3 Å². The fourth-order valence-corrected chi connectivity index (χ4v) is 2.08. The number of hydrogen-bond donors (Lipinski definition) is 2. The van der Waals surface area contributed by atoms with Gasteiger partial charge in [0.1, 0.15) is 0 Å². The van der Waals surface area contributed by atoms with E-state index in [1.165, 1.54) is 0 Å². The zero-order chi connectivity index (χ0) is 10.8. The zero-order valence-corrected chi connectivity index (χ0v) is 10.1. The van der Waals surface area contributed by atoms with E-state index in [0.29, 0.717) is 11.5 Å². The molecule has 0 radical (unpaired) electrons. The minimum atomic E-state index is -0.385. The maximum atomic E-state index is 11.2. The summed E-state index contributed by atoms with van der Waals surface area (Å²) >= 11 is 0. The number of amides is 1. The molecule has 1 atom stereocenters. The molecule has 3 N–H and O–H groups in total. The predicted molar refractivity (Wildman–Crippen MR) is 63.8 cm³/mol. The molecule has 0 spiro atoms. The zero-order valence-electron chi connectivity index (χ0n) is 9.27. The number of rotatable bonds is 2. The van der Waals surface area contributed by atoms with Crippen LogP contribution >= 0.6 is 12.4 Å². The third-order valence-corrected chi connectivity index (χ3v) is 2.81. The molecule has 1 unspecified atom stereocenters. The SMILES string of the molecule is Cl.Cn1cc(C(N)=O)c(C2CCCNC2)n1. The number of nitrogens with two attached hydrogens (primary N) is 1. The Labute approximate surface area is 101 Å². The molecule has 0 saturated carbocycles. The van der Waals surface area contributed by atoms with Gasteiger partial charge in [-0.15, -0.1) is 12.4 Å². The Morgan fingerprint density at radius 3 is 3.00 bits per heavy atom. The number of aryl methyl sites for hydroxylation is 1. The van der Waals surface area contributed by atoms with Crippen LogP contribution in [0.1, 0.15) is 34.8 Å². The summed E-state index contributed by atoms with van der Waals surface area (Å²) in [7, 11) is 1.81. The lowest BCUT2D eigenvalue weighted by atomic mass is 9.94. The quantitative estimate of drug-likeness (QED) is 0.792. The number of nitrogens with zero attached hydrogens (tertiary/aromatic N) is 2. The largest absolute Gasteiger partial charge is 0.365 e. The Morgan fingerprint density at radius 1 is 1.69 bits per heavy atom. The van der Waals surface area contributed by atoms with E-state index < -0.39 is 0 Å². The van der Waals surface area contributed by atoms with Gasteiger partial charge in [-0.3, -0.25) is 9.48 Å². The second kappa shape index (κ2) is 5.32. The Kier molecular flexibility index (Phi) is 4.32. The minimum Gasteiger partial charge on any atom is -0.365 e. The van der Waals surface area contributed by atoms with Crippen molar-refractivity contribution in [1.29, 1.82) is 0 Å². The van der Waals surface area contributed by atoms with Gasteiger partial charge >= 0.3 is 0 Å². The third kappa shape index (κ3) is 2.54. The first kappa shape index (κ1) is 13.0. The van der Waals surface area contributed by atoms with Crippen LogP contribution in [0.4, 0.5) is 0 Å². The monoisotopic (exact) mass is 244 g/mol. The lowest BCUT2D eigenvalue weighted by molar-refractivity contribution is 0.0998. The molecule has 1 aliphatic rings. The molecule has 2 rings (SSSR count). The molecular formula is C10H17ClN4O. The number of primary amides is 1. The highest BCUT2D eigenvalue weighted by Gasteiger charge is 2.23. The van der Waals surface area contributed by atoms with Crippen molar-refractivity contribution in [3.63, 3.8) is 0 Å². The Morgan fingerprint density at radius 2 is 2.44 bits per heavy atom. The molecule has 1 amide bonds. The van der Waals surface area contributed by atoms with E-state index in [-0.39, 0.29) is 18.3 Å². The number of hydrogen-bond acceptors (Lipinski definition) is 3. The normalized spacial score (nSPS) is 20.2. The van der Waals surface area contributed by atoms with Gasteiger partial charge in [0, 0.05) is 25.7 Å². The summed E-state index contributed by atoms with van der Waals surface area (Å²) in [5, 5.41) is 7.64. The van der Waals surface area contributed by atoms with Gasteiger partial charge in [0.25, 0.3) is 5.91 Å². The first-order valence-electron chi connectivity index (χ1n) is 5.22. The van der Waals surface area contributed by atoms with Gasteiger partial charge in [-0.05, 0) is 19.4 Å². The summed E-state index contributed by atoms with van der Waals surface area (Å²) < 4.78 is 1.66. The molecule has 90 valence electrons. The van der Waals surface area contributed by atoms with E-state index in [4.69, 9.17) is 5.73 Å². The van der Waals surface area contributed by atoms with Gasteiger partial charge < -0.3 is 11.1 Å². The topological polar surface area (TPSA) is 72.9 Å². The van der Waals surface area contributed by atoms with E-state index in [9.17, 15) is 4.79 Å². The van der Waals surface area contributed by atoms with Gasteiger partial charge in [0.2, 0.25) is 0 Å². The van der Waals surface area contributed by atoms with Crippen LogP contribution in [0.2, 0.25) is 0 Å². The number of nitrogens with one attached hydrogen (secondary N) is 1. The fraction of sp³-hybridized carbons (Fsp3) is 0.600. The summed E-state index contributed by atoms with van der Waals surface area (Å²) in [6.45, 7) is 1.94. The van der Waals surface area contributed by atoms with E-state index >= 15 is 0 Å². The highest BCUT2D eigenvalue weighted by molar-refractivity contribution is 5.93. The third-order valence-electron chi connectivity index (χ3n) is 2.81. The molecule has 1 aromatic heterocycles. The van der Waals surface area contributed by atoms with Crippen LogP contribution in [0.3, 0.4) is 0 Å². The predicted octanol–water partition coefficient (Wildman–Crippen LogP) is 0.408. The molecular weight excluding hydrogens is 228 g/mol. The number of halogens is 1. The molecule has 0 bridgehead atoms. The molecule has 0 aliphatic carbocycles. The highest BCUT2D eigenvalue weighted by Crippen LogP contribution is 2.24. The van der Waals surface area contributed by atoms with Crippen LogP contribution in [0.25, 0.3) is 0 Å². The number of aromatic nitrogens is 2. The summed E-state index contributed by atoms with van der Waals surface area (Å²) in [6, 6.07) is 0. The van der Waals surface area contributed by atoms with Gasteiger partial charge in [0.15, 0.2) is 0 Å². The van der Waals surface area contributed by atoms with Crippen molar-refractivity contribution in [3.05, 3.63) is 17.5 Å². The Bertz CT molecular complexity index is 371. The second-order valence-corrected chi connectivity index (χ2v) is 4.01. The first-order valence-corrected chi connectivity index (χ1v) is 5.22. The van der Waals surface area contributed by atoms with E-state index in [1.54, 1.807) is 10.9 Å². The molecule has 1 aromatic rings. The van der Waals surface area contributed by atoms with Gasteiger partial charge in [-0.2, -0.15) is 5.10 Å². The highest BCUT2D eigenvalue weighted by atomic mass is 35.5. The first-order chi connectivity index (χ1) is 7.18. The Balaban J connectivity index is 0.00000128. The van der Waals surface area contributed by atoms with E-state index in [2.05, 4.69) is 10.4 Å². The van der Waals surface area contributed by atoms with Crippen LogP contribution in [-0.4, -0.2) is 28.8 Å². The van der Waals surface area contributed by atoms with Crippen LogP contribution < -0.4 is 11.1 Å². The van der Waals surface area contributed by atoms with Crippen LogP contribution in [0, 0.1) is 0 Å². The number of piperidine rings is 1. The van der Waals surface area contributed by atoms with Crippen LogP contribution in [0.15, 0.2) is 6.20 Å². The van der Waals surface area contributed by atoms with Crippen LogP contribution in [-0.2, 0) is 7.05 Å². The fourth-order valence-electron chi connectivity index (χ4n) is 2.08. The van der Waals surface area contributed by atoms with Gasteiger partial charge in [-0.25, -0.2) is 0 Å². The molecule has 1 fully saturated rings. The van der Waals surface area contributed by atoms with Crippen molar-refractivity contribution in [2.45, 2.75) is 18.8 Å². The van der Waals surface area contributed by atoms with Crippen molar-refractivity contribution in [3.8, 4) is 0 Å². The van der Waals surface area contributed by atoms with Crippen molar-refractivity contribution < 1.29 is 4.79 Å². The molecule has 16 heavy (non-hydrogen) atoms. The van der Waals surface area contributed by atoms with Crippen LogP contribution in [0.5, 0.6) is 0 Å². The molecule has 6 heteroatoms. The number of carbonyl (C=O) groups is 1. The summed E-state index contributed by atoms with van der Waals surface area (Å²) in [6.07, 6.45) is 3.90. The minimum absolute atomic E-state index is 0. The van der Waals surface area contributed by atoms with Crippen molar-refractivity contribution >= 4 is 18.3 Å². The maximum absolute atomic E-state index is 11.2. The lowest BCUT2D eigenvalue weighted by Gasteiger charge is -2.21. The Hall–Kier alpha value is -1.07. The standard InChI is InChI=1S/C10H16N4O.ClH/c1-14-6-8(10(11)15)9(13-14)7-3-2-4-12-5-7;/h6-7,12H,2-5H2,1H3,(H2,11,15);1H. The van der Waals surface area contributed by atoms with Gasteiger partial charge in [-0.1, -0.05) is 0 Å².